The smallest absolute Gasteiger partial charge is 0.246 e. The molecular weight excluding hydrogens is 352 g/mol. The predicted molar refractivity (Wildman–Crippen MR) is 99.7 cm³/mol. The number of carbonyl (C=O) groups excluding carboxylic acids is 2. The van der Waals surface area contributed by atoms with Crippen LogP contribution in [0.1, 0.15) is 13.3 Å². The van der Waals surface area contributed by atoms with Gasteiger partial charge in [0.2, 0.25) is 11.8 Å². The quantitative estimate of drug-likeness (QED) is 0.307. The van der Waals surface area contributed by atoms with Crippen LogP contribution in [0.5, 0.6) is 0 Å². The lowest BCUT2D eigenvalue weighted by molar-refractivity contribution is -0.142. The van der Waals surface area contributed by atoms with E-state index in [1.807, 2.05) is 24.0 Å². The van der Waals surface area contributed by atoms with Gasteiger partial charge in [-0.15, -0.1) is 0 Å². The summed E-state index contributed by atoms with van der Waals surface area (Å²) in [6.07, 6.45) is 5.42. The van der Waals surface area contributed by atoms with Crippen LogP contribution in [0.25, 0.3) is 0 Å². The summed E-state index contributed by atoms with van der Waals surface area (Å²) >= 11 is 0. The Labute approximate surface area is 159 Å². The number of aliphatic hydroxyl groups is 2. The fourth-order valence-corrected chi connectivity index (χ4v) is 3.56. The van der Waals surface area contributed by atoms with Gasteiger partial charge in [0.15, 0.2) is 0 Å². The molecule has 1 heterocycles. The first kappa shape index (κ1) is 21.5. The van der Waals surface area contributed by atoms with Crippen LogP contribution < -0.4 is 16.4 Å². The van der Waals surface area contributed by atoms with Gasteiger partial charge >= 0.3 is 0 Å². The highest BCUT2D eigenvalue weighted by atomic mass is 16.5. The first-order chi connectivity index (χ1) is 13.0. The van der Waals surface area contributed by atoms with Crippen molar-refractivity contribution in [3.63, 3.8) is 0 Å². The van der Waals surface area contributed by atoms with Crippen LogP contribution in [0.15, 0.2) is 23.8 Å². The topological polar surface area (TPSA) is 137 Å². The van der Waals surface area contributed by atoms with Crippen LogP contribution in [0, 0.1) is 0 Å². The van der Waals surface area contributed by atoms with Crippen molar-refractivity contribution in [1.82, 2.24) is 15.5 Å². The summed E-state index contributed by atoms with van der Waals surface area (Å²) in [6.45, 7) is 3.62. The molecule has 9 nitrogen and oxygen atoms in total. The van der Waals surface area contributed by atoms with E-state index in [1.165, 1.54) is 0 Å². The molecule has 1 saturated heterocycles. The highest BCUT2D eigenvalue weighted by molar-refractivity contribution is 5.89. The number of rotatable bonds is 9. The summed E-state index contributed by atoms with van der Waals surface area (Å²) < 4.78 is 5.91. The third-order valence-corrected chi connectivity index (χ3v) is 5.03. The Morgan fingerprint density at radius 3 is 2.63 bits per heavy atom. The Hall–Kier alpha value is -1.78. The van der Waals surface area contributed by atoms with Gasteiger partial charge in [0.05, 0.1) is 19.3 Å². The zero-order valence-corrected chi connectivity index (χ0v) is 15.7. The van der Waals surface area contributed by atoms with Crippen LogP contribution >= 0.6 is 0 Å². The molecule has 0 radical (unpaired) electrons. The summed E-state index contributed by atoms with van der Waals surface area (Å²) in [6, 6.07) is -0.748. The molecule has 2 amide bonds. The fourth-order valence-electron chi connectivity index (χ4n) is 3.56. The Balaban J connectivity index is 2.21. The third-order valence-electron chi connectivity index (χ3n) is 5.03. The van der Waals surface area contributed by atoms with Crippen LogP contribution in [0.4, 0.5) is 0 Å². The average molecular weight is 382 g/mol. The number of amides is 2. The molecule has 2 rings (SSSR count). The molecule has 6 N–H and O–H groups in total. The molecule has 2 aliphatic rings. The van der Waals surface area contributed by atoms with Gasteiger partial charge in [0, 0.05) is 26.2 Å². The number of primary amides is 1. The van der Waals surface area contributed by atoms with E-state index < -0.39 is 29.5 Å². The van der Waals surface area contributed by atoms with E-state index >= 15 is 0 Å². The van der Waals surface area contributed by atoms with E-state index in [-0.39, 0.29) is 19.8 Å². The summed E-state index contributed by atoms with van der Waals surface area (Å²) in [5, 5.41) is 23.9. The zero-order valence-electron chi connectivity index (χ0n) is 15.7. The molecule has 2 atom stereocenters. The molecule has 0 saturated carbocycles. The second-order valence-corrected chi connectivity index (χ2v) is 6.70. The summed E-state index contributed by atoms with van der Waals surface area (Å²) in [7, 11) is 0. The SMILES string of the molecule is CCC1=CC=CC(C(N)=O)(N2CCNCC2)C1OCC(=O)NC(CO)CO. The van der Waals surface area contributed by atoms with E-state index in [2.05, 4.69) is 10.6 Å². The van der Waals surface area contributed by atoms with Crippen molar-refractivity contribution in [3.8, 4) is 0 Å². The predicted octanol–water partition coefficient (Wildman–Crippen LogP) is -2.12. The number of hydrogen-bond donors (Lipinski definition) is 5. The van der Waals surface area contributed by atoms with Gasteiger partial charge in [-0.25, -0.2) is 0 Å². The number of hydrogen-bond acceptors (Lipinski definition) is 7. The standard InChI is InChI=1S/C18H30N4O5/c1-2-13-4-3-5-18(17(19)26,22-8-6-20-7-9-22)16(13)27-12-15(25)21-14(10-23)11-24/h3-5,14,16,20,23-24H,2,6-12H2,1H3,(H2,19,26)(H,21,25). The molecule has 0 aromatic carbocycles. The van der Waals surface area contributed by atoms with Crippen molar-refractivity contribution in [2.45, 2.75) is 31.0 Å². The molecule has 0 aromatic rings. The minimum atomic E-state index is -1.16. The molecule has 0 bridgehead atoms. The van der Waals surface area contributed by atoms with Gasteiger partial charge in [-0.05, 0) is 12.0 Å². The number of nitrogens with two attached hydrogens (primary N) is 1. The summed E-state index contributed by atoms with van der Waals surface area (Å²) in [5.74, 6) is -1.000. The van der Waals surface area contributed by atoms with Crippen LogP contribution in [0.3, 0.4) is 0 Å². The lowest BCUT2D eigenvalue weighted by atomic mass is 9.79. The van der Waals surface area contributed by atoms with Gasteiger partial charge in [0.1, 0.15) is 18.2 Å². The largest absolute Gasteiger partial charge is 0.394 e. The Kier molecular flexibility index (Phi) is 7.93. The minimum Gasteiger partial charge on any atom is -0.394 e. The third kappa shape index (κ3) is 4.74. The number of ether oxygens (including phenoxy) is 1. The molecule has 0 aromatic heterocycles. The summed E-state index contributed by atoms with van der Waals surface area (Å²) in [4.78, 5) is 26.7. The average Bonchev–Trinajstić information content (AvgIpc) is 2.70. The van der Waals surface area contributed by atoms with Gasteiger partial charge in [0.25, 0.3) is 0 Å². The fraction of sp³-hybridized carbons (Fsp3) is 0.667. The first-order valence-corrected chi connectivity index (χ1v) is 9.26. The highest BCUT2D eigenvalue weighted by Gasteiger charge is 2.50. The molecule has 9 heteroatoms. The van der Waals surface area contributed by atoms with Crippen LogP contribution in [0.2, 0.25) is 0 Å². The van der Waals surface area contributed by atoms with Gasteiger partial charge < -0.3 is 31.3 Å². The maximum Gasteiger partial charge on any atom is 0.246 e. The molecule has 0 spiro atoms. The van der Waals surface area contributed by atoms with Crippen molar-refractivity contribution in [3.05, 3.63) is 23.8 Å². The maximum absolute atomic E-state index is 12.6. The van der Waals surface area contributed by atoms with Crippen molar-refractivity contribution < 1.29 is 24.5 Å². The van der Waals surface area contributed by atoms with Crippen LogP contribution in [-0.4, -0.2) is 90.6 Å². The molecule has 1 aliphatic carbocycles. The lowest BCUT2D eigenvalue weighted by Gasteiger charge is -2.47. The number of piperazine rings is 1. The number of aliphatic hydroxyl groups excluding tert-OH is 2. The monoisotopic (exact) mass is 382 g/mol. The summed E-state index contributed by atoms with van der Waals surface area (Å²) in [5.41, 5.74) is 5.57. The highest BCUT2D eigenvalue weighted by Crippen LogP contribution is 2.34. The normalized spacial score (nSPS) is 26.1. The molecule has 152 valence electrons. The Morgan fingerprint density at radius 1 is 1.41 bits per heavy atom. The van der Waals surface area contributed by atoms with E-state index in [0.717, 1.165) is 18.7 Å². The van der Waals surface area contributed by atoms with E-state index in [0.29, 0.717) is 19.5 Å². The van der Waals surface area contributed by atoms with Crippen molar-refractivity contribution in [2.75, 3.05) is 46.0 Å². The lowest BCUT2D eigenvalue weighted by Crippen LogP contribution is -2.68. The van der Waals surface area contributed by atoms with Crippen LogP contribution in [-0.2, 0) is 14.3 Å². The molecule has 1 fully saturated rings. The van der Waals surface area contributed by atoms with Gasteiger partial charge in [-0.3, -0.25) is 14.5 Å². The first-order valence-electron chi connectivity index (χ1n) is 9.26. The van der Waals surface area contributed by atoms with Crippen molar-refractivity contribution in [1.29, 1.82) is 0 Å². The van der Waals surface area contributed by atoms with Crippen molar-refractivity contribution in [2.24, 2.45) is 5.73 Å². The van der Waals surface area contributed by atoms with E-state index in [4.69, 9.17) is 20.7 Å². The molecule has 27 heavy (non-hydrogen) atoms. The Morgan fingerprint density at radius 2 is 2.07 bits per heavy atom. The Bertz CT molecular complexity index is 584. The van der Waals surface area contributed by atoms with E-state index in [9.17, 15) is 9.59 Å². The molecular formula is C18H30N4O5. The zero-order chi connectivity index (χ0) is 19.9. The van der Waals surface area contributed by atoms with E-state index in [1.54, 1.807) is 6.08 Å². The maximum atomic E-state index is 12.6. The minimum absolute atomic E-state index is 0.312. The molecule has 2 unspecified atom stereocenters. The van der Waals surface area contributed by atoms with Crippen molar-refractivity contribution >= 4 is 11.8 Å². The number of nitrogens with one attached hydrogen (secondary N) is 2. The number of allylic oxidation sites excluding steroid dienone is 2. The second kappa shape index (κ2) is 9.95. The molecule has 1 aliphatic heterocycles. The van der Waals surface area contributed by atoms with Gasteiger partial charge in [-0.1, -0.05) is 25.2 Å². The second-order valence-electron chi connectivity index (χ2n) is 6.70. The van der Waals surface area contributed by atoms with Gasteiger partial charge in [-0.2, -0.15) is 0 Å². The number of nitrogens with zero attached hydrogens (tertiary/aromatic N) is 1. The number of carbonyl (C=O) groups is 2.